The van der Waals surface area contributed by atoms with Crippen molar-refractivity contribution in [2.75, 3.05) is 24.6 Å². The van der Waals surface area contributed by atoms with E-state index >= 15 is 0 Å². The Morgan fingerprint density at radius 2 is 2.07 bits per heavy atom. The molecule has 1 aliphatic heterocycles. The predicted octanol–water partition coefficient (Wildman–Crippen LogP) is -0.346. The lowest BCUT2D eigenvalue weighted by molar-refractivity contribution is 0.228. The summed E-state index contributed by atoms with van der Waals surface area (Å²) in [5.74, 6) is 0.831. The zero-order chi connectivity index (χ0) is 9.97. The number of nitrogens with zero attached hydrogens (tertiary/aromatic N) is 3. The first-order valence-electron chi connectivity index (χ1n) is 4.69. The molecule has 1 aliphatic rings. The van der Waals surface area contributed by atoms with Crippen LogP contribution in [0.25, 0.3) is 0 Å². The van der Waals surface area contributed by atoms with Crippen molar-refractivity contribution in [3.05, 3.63) is 18.5 Å². The molecular weight excluding hydrogens is 216 g/mol. The first-order valence-corrected chi connectivity index (χ1v) is 4.69. The molecule has 1 fully saturated rings. The number of anilines is 1. The summed E-state index contributed by atoms with van der Waals surface area (Å²) in [6, 6.07) is 1.80. The van der Waals surface area contributed by atoms with Crippen molar-refractivity contribution in [2.45, 2.75) is 6.04 Å². The topological polar surface area (TPSA) is 75.3 Å². The summed E-state index contributed by atoms with van der Waals surface area (Å²) in [6.07, 6.45) is 3.42. The summed E-state index contributed by atoms with van der Waals surface area (Å²) in [6.45, 7) is 1.58. The Labute approximate surface area is 94.7 Å². The van der Waals surface area contributed by atoms with Gasteiger partial charge in [0.25, 0.3) is 0 Å². The molecule has 1 aromatic rings. The maximum Gasteiger partial charge on any atom is 0.225 e. The summed E-state index contributed by atoms with van der Waals surface area (Å²) in [7, 11) is 0. The van der Waals surface area contributed by atoms with Crippen LogP contribution in [0.15, 0.2) is 18.5 Å². The fourth-order valence-corrected chi connectivity index (χ4v) is 1.71. The van der Waals surface area contributed by atoms with Crippen molar-refractivity contribution in [1.29, 1.82) is 0 Å². The van der Waals surface area contributed by atoms with Crippen molar-refractivity contribution in [3.63, 3.8) is 0 Å². The molecule has 15 heavy (non-hydrogen) atoms. The SMILES string of the molecule is Cl.N[C@@H]1CN(c2ncccn2)C[C@H]1CO. The van der Waals surface area contributed by atoms with Gasteiger partial charge in [-0.25, -0.2) is 9.97 Å². The molecule has 0 amide bonds. The smallest absolute Gasteiger partial charge is 0.225 e. The minimum Gasteiger partial charge on any atom is -0.396 e. The van der Waals surface area contributed by atoms with Crippen LogP contribution >= 0.6 is 12.4 Å². The first-order chi connectivity index (χ1) is 6.81. The molecule has 2 rings (SSSR count). The Morgan fingerprint density at radius 3 is 2.60 bits per heavy atom. The van der Waals surface area contributed by atoms with E-state index in [1.807, 2.05) is 4.90 Å². The third kappa shape index (κ3) is 2.56. The van der Waals surface area contributed by atoms with Crippen LogP contribution in [-0.2, 0) is 0 Å². The highest BCUT2D eigenvalue weighted by Gasteiger charge is 2.30. The second-order valence-corrected chi connectivity index (χ2v) is 3.56. The van der Waals surface area contributed by atoms with Gasteiger partial charge >= 0.3 is 0 Å². The van der Waals surface area contributed by atoms with Gasteiger partial charge in [-0.1, -0.05) is 0 Å². The second-order valence-electron chi connectivity index (χ2n) is 3.56. The molecule has 1 aromatic heterocycles. The summed E-state index contributed by atoms with van der Waals surface area (Å²) >= 11 is 0. The minimum absolute atomic E-state index is 0. The number of nitrogens with two attached hydrogens (primary N) is 1. The van der Waals surface area contributed by atoms with Gasteiger partial charge in [0.05, 0.1) is 0 Å². The molecule has 0 aliphatic carbocycles. The van der Waals surface area contributed by atoms with Crippen LogP contribution in [0, 0.1) is 5.92 Å². The Hall–Kier alpha value is -0.910. The molecule has 84 valence electrons. The summed E-state index contributed by atoms with van der Waals surface area (Å²) < 4.78 is 0. The Bertz CT molecular complexity index is 297. The highest BCUT2D eigenvalue weighted by molar-refractivity contribution is 5.85. The van der Waals surface area contributed by atoms with Gasteiger partial charge in [-0.05, 0) is 6.07 Å². The van der Waals surface area contributed by atoms with Crippen molar-refractivity contribution in [3.8, 4) is 0 Å². The van der Waals surface area contributed by atoms with Crippen LogP contribution < -0.4 is 10.6 Å². The number of aliphatic hydroxyl groups excluding tert-OH is 1. The molecule has 0 radical (unpaired) electrons. The van der Waals surface area contributed by atoms with Crippen molar-refractivity contribution in [1.82, 2.24) is 9.97 Å². The molecule has 0 unspecified atom stereocenters. The van der Waals surface area contributed by atoms with E-state index in [2.05, 4.69) is 9.97 Å². The number of halogens is 1. The van der Waals surface area contributed by atoms with Crippen LogP contribution in [-0.4, -0.2) is 40.8 Å². The highest BCUT2D eigenvalue weighted by Crippen LogP contribution is 2.18. The number of aliphatic hydroxyl groups is 1. The van der Waals surface area contributed by atoms with Crippen LogP contribution in [0.4, 0.5) is 5.95 Å². The van der Waals surface area contributed by atoms with Gasteiger partial charge in [0.1, 0.15) is 0 Å². The number of aromatic nitrogens is 2. The molecule has 0 saturated carbocycles. The van der Waals surface area contributed by atoms with E-state index in [9.17, 15) is 0 Å². The lowest BCUT2D eigenvalue weighted by atomic mass is 10.1. The fraction of sp³-hybridized carbons (Fsp3) is 0.556. The van der Waals surface area contributed by atoms with Crippen molar-refractivity contribution < 1.29 is 5.11 Å². The Kier molecular flexibility index (Phi) is 4.26. The summed E-state index contributed by atoms with van der Waals surface area (Å²) in [5, 5.41) is 9.05. The van der Waals surface area contributed by atoms with Crippen molar-refractivity contribution >= 4 is 18.4 Å². The number of hydrogen-bond acceptors (Lipinski definition) is 5. The molecule has 1 saturated heterocycles. The molecule has 5 nitrogen and oxygen atoms in total. The first kappa shape index (κ1) is 12.2. The van der Waals surface area contributed by atoms with Crippen LogP contribution in [0.5, 0.6) is 0 Å². The van der Waals surface area contributed by atoms with Gasteiger partial charge in [0.2, 0.25) is 5.95 Å². The number of hydrogen-bond donors (Lipinski definition) is 2. The van der Waals surface area contributed by atoms with E-state index in [4.69, 9.17) is 10.8 Å². The minimum atomic E-state index is 0. The van der Waals surface area contributed by atoms with E-state index < -0.39 is 0 Å². The third-order valence-electron chi connectivity index (χ3n) is 2.56. The lowest BCUT2D eigenvalue weighted by Crippen LogP contribution is -2.31. The molecule has 2 heterocycles. The quantitative estimate of drug-likeness (QED) is 0.727. The zero-order valence-electron chi connectivity index (χ0n) is 8.28. The van der Waals surface area contributed by atoms with Crippen LogP contribution in [0.2, 0.25) is 0 Å². The number of rotatable bonds is 2. The van der Waals surface area contributed by atoms with Crippen LogP contribution in [0.3, 0.4) is 0 Å². The van der Waals surface area contributed by atoms with Crippen molar-refractivity contribution in [2.24, 2.45) is 11.7 Å². The van der Waals surface area contributed by atoms with Crippen LogP contribution in [0.1, 0.15) is 0 Å². The van der Waals surface area contributed by atoms with Gasteiger partial charge in [-0.2, -0.15) is 0 Å². The largest absolute Gasteiger partial charge is 0.396 e. The molecule has 0 spiro atoms. The molecule has 2 atom stereocenters. The maximum atomic E-state index is 9.05. The Balaban J connectivity index is 0.00000112. The van der Waals surface area contributed by atoms with E-state index in [1.54, 1.807) is 18.5 Å². The lowest BCUT2D eigenvalue weighted by Gasteiger charge is -2.14. The maximum absolute atomic E-state index is 9.05. The molecular formula is C9H15ClN4O. The van der Waals surface area contributed by atoms with Gasteiger partial charge in [0, 0.05) is 44.0 Å². The molecule has 6 heteroatoms. The van der Waals surface area contributed by atoms with E-state index in [0.717, 1.165) is 13.1 Å². The Morgan fingerprint density at radius 1 is 1.40 bits per heavy atom. The second kappa shape index (κ2) is 5.25. The van der Waals surface area contributed by atoms with Gasteiger partial charge in [-0.15, -0.1) is 12.4 Å². The van der Waals surface area contributed by atoms with Gasteiger partial charge in [-0.3, -0.25) is 0 Å². The van der Waals surface area contributed by atoms with E-state index in [0.29, 0.717) is 5.95 Å². The summed E-state index contributed by atoms with van der Waals surface area (Å²) in [5.41, 5.74) is 5.86. The van der Waals surface area contributed by atoms with E-state index in [-0.39, 0.29) is 31.0 Å². The summed E-state index contributed by atoms with van der Waals surface area (Å²) in [4.78, 5) is 10.3. The monoisotopic (exact) mass is 230 g/mol. The average molecular weight is 231 g/mol. The third-order valence-corrected chi connectivity index (χ3v) is 2.56. The molecule has 0 bridgehead atoms. The van der Waals surface area contributed by atoms with E-state index in [1.165, 1.54) is 0 Å². The molecule has 3 N–H and O–H groups in total. The highest BCUT2D eigenvalue weighted by atomic mass is 35.5. The van der Waals surface area contributed by atoms with Gasteiger partial charge < -0.3 is 15.7 Å². The average Bonchev–Trinajstić information content (AvgIpc) is 2.61. The fourth-order valence-electron chi connectivity index (χ4n) is 1.71. The molecule has 0 aromatic carbocycles. The normalized spacial score (nSPS) is 25.1. The predicted molar refractivity (Wildman–Crippen MR) is 60.0 cm³/mol. The zero-order valence-corrected chi connectivity index (χ0v) is 9.10. The van der Waals surface area contributed by atoms with Gasteiger partial charge in [0.15, 0.2) is 0 Å². The standard InChI is InChI=1S/C9H14N4O.ClH/c10-8-5-13(4-7(8)6-14)9-11-2-1-3-12-9;/h1-3,7-8,14H,4-6,10H2;1H/t7-,8+;/m0./s1.